The molecule has 1 amide bonds. The van der Waals surface area contributed by atoms with Crippen LogP contribution in [0.1, 0.15) is 15.9 Å². The summed E-state index contributed by atoms with van der Waals surface area (Å²) in [6, 6.07) is 9.52. The Morgan fingerprint density at radius 2 is 2.00 bits per heavy atom. The normalized spacial score (nSPS) is 11.5. The second-order valence-electron chi connectivity index (χ2n) is 6.00. The molecule has 0 spiro atoms. The van der Waals surface area contributed by atoms with Crippen LogP contribution in [0.15, 0.2) is 41.4 Å². The van der Waals surface area contributed by atoms with Gasteiger partial charge in [-0.2, -0.15) is 4.99 Å². The van der Waals surface area contributed by atoms with Gasteiger partial charge >= 0.3 is 5.97 Å². The minimum atomic E-state index is -0.636. The van der Waals surface area contributed by atoms with E-state index in [1.54, 1.807) is 22.8 Å². The Morgan fingerprint density at radius 3 is 2.66 bits per heavy atom. The maximum Gasteiger partial charge on any atom is 0.325 e. The highest BCUT2D eigenvalue weighted by Gasteiger charge is 2.19. The summed E-state index contributed by atoms with van der Waals surface area (Å²) in [5.41, 5.74) is 0.880. The van der Waals surface area contributed by atoms with Crippen LogP contribution in [-0.2, 0) is 16.1 Å². The van der Waals surface area contributed by atoms with Gasteiger partial charge in [-0.05, 0) is 31.2 Å². The number of thiazole rings is 1. The molecule has 0 aliphatic rings. The van der Waals surface area contributed by atoms with Gasteiger partial charge in [-0.25, -0.2) is 0 Å². The van der Waals surface area contributed by atoms with Gasteiger partial charge in [-0.15, -0.1) is 0 Å². The van der Waals surface area contributed by atoms with Gasteiger partial charge in [-0.3, -0.25) is 19.7 Å². The molecule has 0 saturated heterocycles. The standard InChI is InChI=1S/C19H17N3O6S/c1-11-13(5-4-6-14(11)22(25)26)18(24)20-19-21(10-17(23)28-3)15-8-7-12(27-2)9-16(15)29-19/h4-9H,10H2,1-3H3. The molecule has 3 aromatic rings. The van der Waals surface area contributed by atoms with Crippen LogP contribution >= 0.6 is 11.3 Å². The summed E-state index contributed by atoms with van der Waals surface area (Å²) < 4.78 is 12.3. The quantitative estimate of drug-likeness (QED) is 0.360. The van der Waals surface area contributed by atoms with Gasteiger partial charge in [0.2, 0.25) is 0 Å². The molecular formula is C19H17N3O6S. The lowest BCUT2D eigenvalue weighted by molar-refractivity contribution is -0.385. The summed E-state index contributed by atoms with van der Waals surface area (Å²) in [5.74, 6) is -0.513. The minimum absolute atomic E-state index is 0.124. The average molecular weight is 415 g/mol. The molecule has 0 aliphatic carbocycles. The summed E-state index contributed by atoms with van der Waals surface area (Å²) in [6.07, 6.45) is 0. The molecule has 0 atom stereocenters. The Bertz CT molecular complexity index is 1190. The van der Waals surface area contributed by atoms with Crippen molar-refractivity contribution in [2.24, 2.45) is 4.99 Å². The summed E-state index contributed by atoms with van der Waals surface area (Å²) in [6.45, 7) is 1.36. The molecule has 9 nitrogen and oxygen atoms in total. The summed E-state index contributed by atoms with van der Waals surface area (Å²) >= 11 is 1.20. The summed E-state index contributed by atoms with van der Waals surface area (Å²) in [5, 5.41) is 11.1. The zero-order chi connectivity index (χ0) is 21.1. The number of fused-ring (bicyclic) bond motifs is 1. The number of methoxy groups -OCH3 is 2. The van der Waals surface area contributed by atoms with Gasteiger partial charge in [0.25, 0.3) is 11.6 Å². The van der Waals surface area contributed by atoms with Crippen LogP contribution in [0, 0.1) is 17.0 Å². The Morgan fingerprint density at radius 1 is 1.24 bits per heavy atom. The molecule has 1 aromatic heterocycles. The second-order valence-corrected chi connectivity index (χ2v) is 7.01. The number of aromatic nitrogens is 1. The Balaban J connectivity index is 2.17. The molecule has 0 N–H and O–H groups in total. The zero-order valence-corrected chi connectivity index (χ0v) is 16.7. The molecule has 0 bridgehead atoms. The number of carbonyl (C=O) groups is 2. The third kappa shape index (κ3) is 4.02. The zero-order valence-electron chi connectivity index (χ0n) is 15.9. The lowest BCUT2D eigenvalue weighted by Crippen LogP contribution is -2.22. The van der Waals surface area contributed by atoms with Gasteiger partial charge in [-0.1, -0.05) is 17.4 Å². The summed E-state index contributed by atoms with van der Waals surface area (Å²) in [7, 11) is 2.81. The van der Waals surface area contributed by atoms with Crippen molar-refractivity contribution < 1.29 is 24.0 Å². The fraction of sp³-hybridized carbons (Fsp3) is 0.211. The molecule has 0 saturated carbocycles. The van der Waals surface area contributed by atoms with Crippen LogP contribution in [0.5, 0.6) is 5.75 Å². The maximum atomic E-state index is 12.8. The number of nitro groups is 1. The number of nitrogens with zero attached hydrogens (tertiary/aromatic N) is 3. The van der Waals surface area contributed by atoms with E-state index in [-0.39, 0.29) is 28.2 Å². The van der Waals surface area contributed by atoms with Crippen LogP contribution in [0.2, 0.25) is 0 Å². The first-order chi connectivity index (χ1) is 13.8. The van der Waals surface area contributed by atoms with Crippen LogP contribution in [0.25, 0.3) is 10.2 Å². The first kappa shape index (κ1) is 20.2. The highest BCUT2D eigenvalue weighted by atomic mass is 32.1. The van der Waals surface area contributed by atoms with Crippen LogP contribution in [0.4, 0.5) is 5.69 Å². The van der Waals surface area contributed by atoms with Crippen LogP contribution in [-0.4, -0.2) is 35.6 Å². The molecule has 2 aromatic carbocycles. The van der Waals surface area contributed by atoms with E-state index in [0.717, 1.165) is 4.70 Å². The van der Waals surface area contributed by atoms with Crippen molar-refractivity contribution in [3.05, 3.63) is 62.4 Å². The molecule has 10 heteroatoms. The fourth-order valence-corrected chi connectivity index (χ4v) is 3.87. The monoisotopic (exact) mass is 415 g/mol. The molecule has 0 unspecified atom stereocenters. The predicted molar refractivity (Wildman–Crippen MR) is 106 cm³/mol. The number of rotatable bonds is 5. The van der Waals surface area contributed by atoms with Gasteiger partial charge in [0.1, 0.15) is 12.3 Å². The second kappa shape index (κ2) is 8.23. The van der Waals surface area contributed by atoms with Crippen molar-refractivity contribution in [3.63, 3.8) is 0 Å². The van der Waals surface area contributed by atoms with Crippen molar-refractivity contribution >= 4 is 39.1 Å². The lowest BCUT2D eigenvalue weighted by Gasteiger charge is -2.05. The van der Waals surface area contributed by atoms with Crippen molar-refractivity contribution in [1.82, 2.24) is 4.57 Å². The van der Waals surface area contributed by atoms with E-state index in [1.165, 1.54) is 50.7 Å². The Hall–Kier alpha value is -3.53. The Kier molecular flexibility index (Phi) is 5.74. The van der Waals surface area contributed by atoms with E-state index >= 15 is 0 Å². The molecule has 0 radical (unpaired) electrons. The smallest absolute Gasteiger partial charge is 0.325 e. The number of ether oxygens (including phenoxy) is 2. The maximum absolute atomic E-state index is 12.8. The molecular weight excluding hydrogens is 398 g/mol. The van der Waals surface area contributed by atoms with Crippen molar-refractivity contribution in [2.45, 2.75) is 13.5 Å². The van der Waals surface area contributed by atoms with E-state index in [2.05, 4.69) is 4.99 Å². The first-order valence-electron chi connectivity index (χ1n) is 8.43. The minimum Gasteiger partial charge on any atom is -0.497 e. The number of hydrogen-bond acceptors (Lipinski definition) is 7. The van der Waals surface area contributed by atoms with Gasteiger partial charge in [0.05, 0.1) is 34.9 Å². The largest absolute Gasteiger partial charge is 0.497 e. The molecule has 29 heavy (non-hydrogen) atoms. The van der Waals surface area contributed by atoms with E-state index in [1.807, 2.05) is 0 Å². The van der Waals surface area contributed by atoms with E-state index in [9.17, 15) is 19.7 Å². The summed E-state index contributed by atoms with van der Waals surface area (Å²) in [4.78, 5) is 39.7. The Labute approximate surface area is 169 Å². The third-order valence-corrected chi connectivity index (χ3v) is 5.38. The van der Waals surface area contributed by atoms with E-state index in [4.69, 9.17) is 9.47 Å². The van der Waals surface area contributed by atoms with Gasteiger partial charge in [0, 0.05) is 11.6 Å². The first-order valence-corrected chi connectivity index (χ1v) is 9.24. The van der Waals surface area contributed by atoms with Crippen molar-refractivity contribution in [3.8, 4) is 5.75 Å². The fourth-order valence-electron chi connectivity index (χ4n) is 2.81. The number of nitro benzene ring substituents is 1. The SMILES string of the molecule is COC(=O)Cn1c(=NC(=O)c2cccc([N+](=O)[O-])c2C)sc2cc(OC)ccc21. The number of carbonyl (C=O) groups excluding carboxylic acids is 2. The lowest BCUT2D eigenvalue weighted by atomic mass is 10.1. The van der Waals surface area contributed by atoms with Crippen molar-refractivity contribution in [2.75, 3.05) is 14.2 Å². The average Bonchev–Trinajstić information content (AvgIpc) is 3.03. The molecule has 0 aliphatic heterocycles. The van der Waals surface area contributed by atoms with E-state index in [0.29, 0.717) is 11.3 Å². The van der Waals surface area contributed by atoms with Crippen LogP contribution in [0.3, 0.4) is 0 Å². The number of amides is 1. The number of esters is 1. The van der Waals surface area contributed by atoms with Crippen molar-refractivity contribution in [1.29, 1.82) is 0 Å². The van der Waals surface area contributed by atoms with Gasteiger partial charge < -0.3 is 14.0 Å². The molecule has 150 valence electrons. The predicted octanol–water partition coefficient (Wildman–Crippen LogP) is 2.84. The number of hydrogen-bond donors (Lipinski definition) is 0. The van der Waals surface area contributed by atoms with E-state index < -0.39 is 16.8 Å². The van der Waals surface area contributed by atoms with Crippen LogP contribution < -0.4 is 9.54 Å². The third-order valence-electron chi connectivity index (χ3n) is 4.33. The number of benzene rings is 2. The molecule has 0 fully saturated rings. The molecule has 3 rings (SSSR count). The van der Waals surface area contributed by atoms with Gasteiger partial charge in [0.15, 0.2) is 4.80 Å². The highest BCUT2D eigenvalue weighted by Crippen LogP contribution is 2.24. The topological polar surface area (TPSA) is 113 Å². The highest BCUT2D eigenvalue weighted by molar-refractivity contribution is 7.16. The molecule has 1 heterocycles.